The lowest BCUT2D eigenvalue weighted by atomic mass is 10.0. The Kier molecular flexibility index (Phi) is 3.96. The van der Waals surface area contributed by atoms with E-state index >= 15 is 0 Å². The maximum atomic E-state index is 12.1. The Morgan fingerprint density at radius 3 is 3.12 bits per heavy atom. The minimum atomic E-state index is 0.0392. The molecule has 1 aromatic rings. The van der Waals surface area contributed by atoms with Gasteiger partial charge in [0.15, 0.2) is 0 Å². The minimum Gasteiger partial charge on any atom is -0.340 e. The van der Waals surface area contributed by atoms with Crippen molar-refractivity contribution in [3.8, 4) is 0 Å². The average molecular weight is 238 g/mol. The summed E-state index contributed by atoms with van der Waals surface area (Å²) in [4.78, 5) is 13.9. The monoisotopic (exact) mass is 238 g/mol. The van der Waals surface area contributed by atoms with E-state index in [0.717, 1.165) is 25.9 Å². The van der Waals surface area contributed by atoms with Gasteiger partial charge in [0.05, 0.1) is 6.04 Å². The Labute approximate surface area is 100 Å². The van der Waals surface area contributed by atoms with Crippen LogP contribution < -0.4 is 5.32 Å². The van der Waals surface area contributed by atoms with Crippen LogP contribution in [0.3, 0.4) is 0 Å². The molecule has 0 bridgehead atoms. The van der Waals surface area contributed by atoms with E-state index in [9.17, 15) is 4.79 Å². The van der Waals surface area contributed by atoms with Crippen LogP contribution in [0.4, 0.5) is 0 Å². The molecule has 1 N–H and O–H groups in total. The Morgan fingerprint density at radius 1 is 1.62 bits per heavy atom. The van der Waals surface area contributed by atoms with Gasteiger partial charge in [0.1, 0.15) is 0 Å². The molecule has 1 atom stereocenters. The van der Waals surface area contributed by atoms with Gasteiger partial charge in [0.25, 0.3) is 0 Å². The molecule has 1 fully saturated rings. The van der Waals surface area contributed by atoms with E-state index in [-0.39, 0.29) is 11.9 Å². The van der Waals surface area contributed by atoms with Gasteiger partial charge >= 0.3 is 0 Å². The van der Waals surface area contributed by atoms with Gasteiger partial charge < -0.3 is 10.2 Å². The molecule has 1 aromatic heterocycles. The fraction of sp³-hybridized carbons (Fsp3) is 0.583. The molecule has 0 aromatic carbocycles. The van der Waals surface area contributed by atoms with Crippen LogP contribution in [0.1, 0.15) is 24.8 Å². The highest BCUT2D eigenvalue weighted by atomic mass is 32.1. The summed E-state index contributed by atoms with van der Waals surface area (Å²) >= 11 is 1.68. The van der Waals surface area contributed by atoms with E-state index in [2.05, 4.69) is 16.8 Å². The number of piperidine rings is 1. The van der Waals surface area contributed by atoms with Crippen LogP contribution in [0.5, 0.6) is 0 Å². The van der Waals surface area contributed by atoms with Crippen molar-refractivity contribution < 1.29 is 4.79 Å². The van der Waals surface area contributed by atoms with Gasteiger partial charge in [0.2, 0.25) is 5.91 Å². The van der Waals surface area contributed by atoms with Crippen molar-refractivity contribution in [1.29, 1.82) is 0 Å². The summed E-state index contributed by atoms with van der Waals surface area (Å²) in [5.74, 6) is 0.228. The predicted molar refractivity (Wildman–Crippen MR) is 66.4 cm³/mol. The third kappa shape index (κ3) is 2.83. The third-order valence-corrected chi connectivity index (χ3v) is 3.72. The molecule has 1 amide bonds. The molecule has 16 heavy (non-hydrogen) atoms. The van der Waals surface area contributed by atoms with Crippen LogP contribution in [0.2, 0.25) is 0 Å². The molecule has 1 aliphatic rings. The summed E-state index contributed by atoms with van der Waals surface area (Å²) < 4.78 is 0. The van der Waals surface area contributed by atoms with Crippen molar-refractivity contribution in [2.24, 2.45) is 0 Å². The molecule has 1 saturated heterocycles. The lowest BCUT2D eigenvalue weighted by Crippen LogP contribution is -2.46. The summed E-state index contributed by atoms with van der Waals surface area (Å²) in [5.41, 5.74) is 1.22. The number of nitrogens with zero attached hydrogens (tertiary/aromatic N) is 1. The van der Waals surface area contributed by atoms with Crippen LogP contribution in [-0.2, 0) is 11.3 Å². The zero-order chi connectivity index (χ0) is 11.4. The van der Waals surface area contributed by atoms with Crippen LogP contribution in [0.25, 0.3) is 0 Å². The summed E-state index contributed by atoms with van der Waals surface area (Å²) in [7, 11) is 1.89. The van der Waals surface area contributed by atoms with Crippen LogP contribution in [0.15, 0.2) is 16.8 Å². The smallest absolute Gasteiger partial charge is 0.239 e. The van der Waals surface area contributed by atoms with E-state index in [1.165, 1.54) is 12.0 Å². The zero-order valence-electron chi connectivity index (χ0n) is 9.61. The molecule has 0 radical (unpaired) electrons. The van der Waals surface area contributed by atoms with Crippen molar-refractivity contribution in [3.05, 3.63) is 22.4 Å². The second kappa shape index (κ2) is 5.46. The lowest BCUT2D eigenvalue weighted by molar-refractivity contribution is -0.133. The van der Waals surface area contributed by atoms with E-state index in [1.54, 1.807) is 11.3 Å². The number of likely N-dealkylation sites (N-methyl/N-ethyl adjacent to an activating group) is 1. The molecule has 0 aliphatic carbocycles. The number of rotatable bonds is 3. The van der Waals surface area contributed by atoms with Crippen molar-refractivity contribution >= 4 is 17.2 Å². The van der Waals surface area contributed by atoms with Crippen LogP contribution >= 0.6 is 11.3 Å². The van der Waals surface area contributed by atoms with Crippen LogP contribution in [-0.4, -0.2) is 30.4 Å². The Hall–Kier alpha value is -0.870. The number of nitrogens with one attached hydrogen (secondary N) is 1. The fourth-order valence-corrected chi connectivity index (χ4v) is 2.72. The first kappa shape index (κ1) is 11.6. The molecule has 0 saturated carbocycles. The SMILES string of the molecule is CN(Cc1ccsc1)C(=O)[C@@H]1CCCCN1. The average Bonchev–Trinajstić information content (AvgIpc) is 2.82. The van der Waals surface area contributed by atoms with Gasteiger partial charge in [-0.1, -0.05) is 6.42 Å². The number of carbonyl (C=O) groups is 1. The second-order valence-corrected chi connectivity index (χ2v) is 5.11. The number of carbonyl (C=O) groups excluding carboxylic acids is 1. The van der Waals surface area contributed by atoms with Crippen molar-refractivity contribution in [3.63, 3.8) is 0 Å². The maximum Gasteiger partial charge on any atom is 0.239 e. The van der Waals surface area contributed by atoms with Gasteiger partial charge in [-0.15, -0.1) is 0 Å². The van der Waals surface area contributed by atoms with Gasteiger partial charge in [-0.3, -0.25) is 4.79 Å². The molecular formula is C12H18N2OS. The largest absolute Gasteiger partial charge is 0.340 e. The maximum absolute atomic E-state index is 12.1. The molecule has 0 unspecified atom stereocenters. The molecular weight excluding hydrogens is 220 g/mol. The van der Waals surface area contributed by atoms with Crippen molar-refractivity contribution in [2.45, 2.75) is 31.8 Å². The molecule has 1 aliphatic heterocycles. The highest BCUT2D eigenvalue weighted by Crippen LogP contribution is 2.12. The summed E-state index contributed by atoms with van der Waals surface area (Å²) in [5, 5.41) is 7.43. The number of thiophene rings is 1. The molecule has 0 spiro atoms. The Bertz CT molecular complexity index is 331. The number of amides is 1. The Balaban J connectivity index is 1.88. The van der Waals surface area contributed by atoms with Gasteiger partial charge in [-0.25, -0.2) is 0 Å². The highest BCUT2D eigenvalue weighted by molar-refractivity contribution is 7.07. The summed E-state index contributed by atoms with van der Waals surface area (Å²) in [6, 6.07) is 2.11. The van der Waals surface area contributed by atoms with Crippen molar-refractivity contribution in [2.75, 3.05) is 13.6 Å². The number of hydrogen-bond donors (Lipinski definition) is 1. The minimum absolute atomic E-state index is 0.0392. The van der Waals surface area contributed by atoms with Gasteiger partial charge in [0, 0.05) is 13.6 Å². The molecule has 4 heteroatoms. The molecule has 2 heterocycles. The summed E-state index contributed by atoms with van der Waals surface area (Å²) in [6.07, 6.45) is 3.33. The Morgan fingerprint density at radius 2 is 2.50 bits per heavy atom. The third-order valence-electron chi connectivity index (χ3n) is 2.98. The van der Waals surface area contributed by atoms with Gasteiger partial charge in [-0.05, 0) is 41.8 Å². The number of hydrogen-bond acceptors (Lipinski definition) is 3. The molecule has 3 nitrogen and oxygen atoms in total. The molecule has 2 rings (SSSR count). The fourth-order valence-electron chi connectivity index (χ4n) is 2.06. The normalized spacial score (nSPS) is 20.7. The van der Waals surface area contributed by atoms with Crippen LogP contribution in [0, 0.1) is 0 Å². The zero-order valence-corrected chi connectivity index (χ0v) is 10.4. The van der Waals surface area contributed by atoms with E-state index in [4.69, 9.17) is 0 Å². The van der Waals surface area contributed by atoms with Gasteiger partial charge in [-0.2, -0.15) is 11.3 Å². The first-order valence-corrected chi connectivity index (χ1v) is 6.71. The van der Waals surface area contributed by atoms with E-state index in [0.29, 0.717) is 0 Å². The quantitative estimate of drug-likeness (QED) is 0.871. The highest BCUT2D eigenvalue weighted by Gasteiger charge is 2.23. The first-order valence-electron chi connectivity index (χ1n) is 5.77. The predicted octanol–water partition coefficient (Wildman–Crippen LogP) is 1.85. The summed E-state index contributed by atoms with van der Waals surface area (Å²) in [6.45, 7) is 1.70. The van der Waals surface area contributed by atoms with Crippen molar-refractivity contribution in [1.82, 2.24) is 10.2 Å². The standard InChI is InChI=1S/C12H18N2OS/c1-14(8-10-5-7-16-9-10)12(15)11-4-2-3-6-13-11/h5,7,9,11,13H,2-4,6,8H2,1H3/t11-/m0/s1. The first-order chi connectivity index (χ1) is 7.77. The van der Waals surface area contributed by atoms with E-state index in [1.807, 2.05) is 17.3 Å². The van der Waals surface area contributed by atoms with E-state index < -0.39 is 0 Å². The topological polar surface area (TPSA) is 32.3 Å². The lowest BCUT2D eigenvalue weighted by Gasteiger charge is -2.27. The molecule has 88 valence electrons. The second-order valence-electron chi connectivity index (χ2n) is 4.33.